The molecular formula is C10H12ClNO5S. The third-order valence-electron chi connectivity index (χ3n) is 2.21. The Bertz CT molecular complexity index is 543. The first-order valence-electron chi connectivity index (χ1n) is 5.13. The van der Waals surface area contributed by atoms with Gasteiger partial charge in [0.2, 0.25) is 0 Å². The Kier molecular flexibility index (Phi) is 4.92. The molecular weight excluding hydrogens is 282 g/mol. The van der Waals surface area contributed by atoms with E-state index >= 15 is 0 Å². The smallest absolute Gasteiger partial charge is 0.311 e. The summed E-state index contributed by atoms with van der Waals surface area (Å²) >= 11 is 5.70. The van der Waals surface area contributed by atoms with E-state index in [-0.39, 0.29) is 34.6 Å². The van der Waals surface area contributed by atoms with Crippen molar-refractivity contribution in [3.8, 4) is 5.75 Å². The van der Waals surface area contributed by atoms with Crippen LogP contribution in [0.1, 0.15) is 6.92 Å². The lowest BCUT2D eigenvalue weighted by molar-refractivity contribution is -0.385. The van der Waals surface area contributed by atoms with Crippen LogP contribution in [0.3, 0.4) is 0 Å². The standard InChI is InChI=1S/C10H12ClNO5S/c1-2-18(15,16)6-5-17-10-7-8(11)3-4-9(10)12(13)14/h3-4,7H,2,5-6H2,1H3. The number of benzene rings is 1. The number of sulfone groups is 1. The number of ether oxygens (including phenoxy) is 1. The molecule has 0 aliphatic carbocycles. The number of nitrogens with zero attached hydrogens (tertiary/aromatic N) is 1. The summed E-state index contributed by atoms with van der Waals surface area (Å²) in [6, 6.07) is 3.87. The zero-order valence-electron chi connectivity index (χ0n) is 9.63. The lowest BCUT2D eigenvalue weighted by atomic mass is 10.3. The maximum absolute atomic E-state index is 11.2. The van der Waals surface area contributed by atoms with Crippen molar-refractivity contribution >= 4 is 27.1 Å². The molecule has 1 aromatic carbocycles. The van der Waals surface area contributed by atoms with E-state index in [1.54, 1.807) is 0 Å². The molecule has 0 aliphatic heterocycles. The molecule has 0 fully saturated rings. The molecule has 6 nitrogen and oxygen atoms in total. The fraction of sp³-hybridized carbons (Fsp3) is 0.400. The van der Waals surface area contributed by atoms with E-state index in [2.05, 4.69) is 0 Å². The topological polar surface area (TPSA) is 86.5 Å². The Balaban J connectivity index is 2.78. The van der Waals surface area contributed by atoms with E-state index in [1.807, 2.05) is 0 Å². The van der Waals surface area contributed by atoms with Gasteiger partial charge in [0, 0.05) is 22.9 Å². The predicted molar refractivity (Wildman–Crippen MR) is 67.9 cm³/mol. The monoisotopic (exact) mass is 293 g/mol. The van der Waals surface area contributed by atoms with Crippen molar-refractivity contribution < 1.29 is 18.1 Å². The minimum atomic E-state index is -3.16. The summed E-state index contributed by atoms with van der Waals surface area (Å²) in [7, 11) is -3.16. The number of nitro groups is 1. The molecule has 0 bridgehead atoms. The fourth-order valence-corrected chi connectivity index (χ4v) is 1.97. The van der Waals surface area contributed by atoms with Crippen molar-refractivity contribution in [2.75, 3.05) is 18.1 Å². The molecule has 18 heavy (non-hydrogen) atoms. The second kappa shape index (κ2) is 6.01. The summed E-state index contributed by atoms with van der Waals surface area (Å²) in [5.41, 5.74) is -0.242. The molecule has 0 unspecified atom stereocenters. The van der Waals surface area contributed by atoms with Gasteiger partial charge in [-0.1, -0.05) is 18.5 Å². The van der Waals surface area contributed by atoms with Gasteiger partial charge in [-0.25, -0.2) is 8.42 Å². The molecule has 0 aliphatic rings. The van der Waals surface area contributed by atoms with E-state index in [9.17, 15) is 18.5 Å². The number of rotatable bonds is 6. The van der Waals surface area contributed by atoms with Crippen LogP contribution < -0.4 is 4.74 Å². The fourth-order valence-electron chi connectivity index (χ4n) is 1.18. The molecule has 100 valence electrons. The largest absolute Gasteiger partial charge is 0.486 e. The molecule has 0 atom stereocenters. The highest BCUT2D eigenvalue weighted by Crippen LogP contribution is 2.29. The average molecular weight is 294 g/mol. The van der Waals surface area contributed by atoms with Gasteiger partial charge in [0.1, 0.15) is 6.61 Å². The summed E-state index contributed by atoms with van der Waals surface area (Å²) < 4.78 is 27.6. The third kappa shape index (κ3) is 4.15. The average Bonchev–Trinajstić information content (AvgIpc) is 2.28. The molecule has 0 saturated carbocycles. The first-order chi connectivity index (χ1) is 8.35. The SMILES string of the molecule is CCS(=O)(=O)CCOc1cc(Cl)ccc1[N+](=O)[O-]. The number of nitro benzene ring substituents is 1. The lowest BCUT2D eigenvalue weighted by Crippen LogP contribution is -2.15. The zero-order chi connectivity index (χ0) is 13.8. The predicted octanol–water partition coefficient (Wildman–Crippen LogP) is 2.06. The van der Waals surface area contributed by atoms with E-state index < -0.39 is 14.8 Å². The Hall–Kier alpha value is -1.34. The summed E-state index contributed by atoms with van der Waals surface area (Å²) in [6.45, 7) is 1.38. The molecule has 0 heterocycles. The highest BCUT2D eigenvalue weighted by molar-refractivity contribution is 7.91. The second-order valence-corrected chi connectivity index (χ2v) is 6.36. The first kappa shape index (κ1) is 14.7. The van der Waals surface area contributed by atoms with Gasteiger partial charge in [-0.3, -0.25) is 10.1 Å². The normalized spacial score (nSPS) is 11.2. The minimum absolute atomic E-state index is 0.00794. The second-order valence-electron chi connectivity index (χ2n) is 3.45. The van der Waals surface area contributed by atoms with Crippen molar-refractivity contribution in [1.82, 2.24) is 0 Å². The van der Waals surface area contributed by atoms with Crippen LogP contribution in [-0.2, 0) is 9.84 Å². The third-order valence-corrected chi connectivity index (χ3v) is 4.11. The molecule has 0 spiro atoms. The van der Waals surface area contributed by atoms with Crippen molar-refractivity contribution in [2.24, 2.45) is 0 Å². The van der Waals surface area contributed by atoms with Gasteiger partial charge in [-0.05, 0) is 6.07 Å². The van der Waals surface area contributed by atoms with Gasteiger partial charge in [0.05, 0.1) is 10.7 Å². The lowest BCUT2D eigenvalue weighted by Gasteiger charge is -2.07. The van der Waals surface area contributed by atoms with Gasteiger partial charge in [0.25, 0.3) is 0 Å². The Morgan fingerprint density at radius 2 is 2.11 bits per heavy atom. The van der Waals surface area contributed by atoms with Crippen molar-refractivity contribution in [2.45, 2.75) is 6.92 Å². The van der Waals surface area contributed by atoms with Crippen LogP contribution in [0.25, 0.3) is 0 Å². The van der Waals surface area contributed by atoms with Gasteiger partial charge in [-0.2, -0.15) is 0 Å². The highest BCUT2D eigenvalue weighted by atomic mass is 35.5. The van der Waals surface area contributed by atoms with Crippen molar-refractivity contribution in [3.63, 3.8) is 0 Å². The van der Waals surface area contributed by atoms with Crippen LogP contribution in [0.15, 0.2) is 18.2 Å². The van der Waals surface area contributed by atoms with Crippen LogP contribution >= 0.6 is 11.6 Å². The molecule has 1 rings (SSSR count). The van der Waals surface area contributed by atoms with E-state index in [0.717, 1.165) is 0 Å². The van der Waals surface area contributed by atoms with Crippen molar-refractivity contribution in [1.29, 1.82) is 0 Å². The zero-order valence-corrected chi connectivity index (χ0v) is 11.2. The summed E-state index contributed by atoms with van der Waals surface area (Å²) in [5.74, 6) is -0.208. The summed E-state index contributed by atoms with van der Waals surface area (Å²) in [4.78, 5) is 10.1. The maximum atomic E-state index is 11.2. The first-order valence-corrected chi connectivity index (χ1v) is 7.33. The molecule has 0 radical (unpaired) electrons. The van der Waals surface area contributed by atoms with Crippen molar-refractivity contribution in [3.05, 3.63) is 33.3 Å². The molecule has 0 saturated heterocycles. The van der Waals surface area contributed by atoms with E-state index in [0.29, 0.717) is 0 Å². The van der Waals surface area contributed by atoms with Gasteiger partial charge >= 0.3 is 5.69 Å². The summed E-state index contributed by atoms with van der Waals surface area (Å²) in [6.07, 6.45) is 0. The molecule has 8 heteroatoms. The van der Waals surface area contributed by atoms with E-state index in [4.69, 9.17) is 16.3 Å². The number of halogens is 1. The highest BCUT2D eigenvalue weighted by Gasteiger charge is 2.16. The molecule has 0 aromatic heterocycles. The van der Waals surface area contributed by atoms with Crippen LogP contribution in [-0.4, -0.2) is 31.5 Å². The summed E-state index contributed by atoms with van der Waals surface area (Å²) in [5, 5.41) is 11.0. The van der Waals surface area contributed by atoms with Gasteiger partial charge in [-0.15, -0.1) is 0 Å². The maximum Gasteiger partial charge on any atom is 0.311 e. The Morgan fingerprint density at radius 1 is 1.44 bits per heavy atom. The van der Waals surface area contributed by atoms with Gasteiger partial charge < -0.3 is 4.74 Å². The van der Waals surface area contributed by atoms with E-state index in [1.165, 1.54) is 25.1 Å². The quantitative estimate of drug-likeness (QED) is 0.592. The van der Waals surface area contributed by atoms with Crippen LogP contribution in [0.5, 0.6) is 5.75 Å². The molecule has 1 aromatic rings. The number of hydrogen-bond donors (Lipinski definition) is 0. The molecule has 0 amide bonds. The van der Waals surface area contributed by atoms with Gasteiger partial charge in [0.15, 0.2) is 15.6 Å². The van der Waals surface area contributed by atoms with Crippen LogP contribution in [0, 0.1) is 10.1 Å². The van der Waals surface area contributed by atoms with Crippen LogP contribution in [0.4, 0.5) is 5.69 Å². The Morgan fingerprint density at radius 3 is 2.67 bits per heavy atom. The number of hydrogen-bond acceptors (Lipinski definition) is 5. The molecule has 0 N–H and O–H groups in total. The minimum Gasteiger partial charge on any atom is -0.486 e. The van der Waals surface area contributed by atoms with Crippen LogP contribution in [0.2, 0.25) is 5.02 Å². The Labute approximate surface area is 110 Å².